The van der Waals surface area contributed by atoms with Crippen molar-refractivity contribution in [3.63, 3.8) is 0 Å². The van der Waals surface area contributed by atoms with E-state index in [0.29, 0.717) is 21.7 Å². The maximum Gasteiger partial charge on any atom is 0.261 e. The highest BCUT2D eigenvalue weighted by Crippen LogP contribution is 2.28. The van der Waals surface area contributed by atoms with Crippen molar-refractivity contribution in [2.45, 2.75) is 45.3 Å². The third kappa shape index (κ3) is 8.36. The van der Waals surface area contributed by atoms with Crippen LogP contribution in [0.25, 0.3) is 0 Å². The number of hydrogen-bond donors (Lipinski definition) is 1. The zero-order valence-corrected chi connectivity index (χ0v) is 24.1. The minimum absolute atomic E-state index is 0.0140. The summed E-state index contributed by atoms with van der Waals surface area (Å²) in [6, 6.07) is 21.8. The summed E-state index contributed by atoms with van der Waals surface area (Å²) in [7, 11) is 0. The van der Waals surface area contributed by atoms with Gasteiger partial charge in [-0.15, -0.1) is 0 Å². The van der Waals surface area contributed by atoms with Crippen molar-refractivity contribution >= 4 is 55.3 Å². The normalized spacial score (nSPS) is 12.5. The number of benzene rings is 3. The zero-order valence-electron chi connectivity index (χ0n) is 20.2. The first-order chi connectivity index (χ1) is 17.3. The summed E-state index contributed by atoms with van der Waals surface area (Å²) in [5.41, 5.74) is 1.87. The summed E-state index contributed by atoms with van der Waals surface area (Å²) in [5, 5.41) is 3.62. The molecule has 0 aromatic heterocycles. The molecule has 0 fully saturated rings. The van der Waals surface area contributed by atoms with E-state index in [9.17, 15) is 9.59 Å². The van der Waals surface area contributed by atoms with Gasteiger partial charge < -0.3 is 15.0 Å². The lowest BCUT2D eigenvalue weighted by Crippen LogP contribution is -2.53. The molecule has 0 spiro atoms. The third-order valence-corrected chi connectivity index (χ3v) is 7.11. The van der Waals surface area contributed by atoms with Crippen LogP contribution in [0, 0.1) is 0 Å². The molecule has 36 heavy (non-hydrogen) atoms. The van der Waals surface area contributed by atoms with E-state index in [1.165, 1.54) is 0 Å². The summed E-state index contributed by atoms with van der Waals surface area (Å²) >= 11 is 13.0. The van der Waals surface area contributed by atoms with Gasteiger partial charge in [0.1, 0.15) is 11.8 Å². The van der Waals surface area contributed by atoms with Crippen molar-refractivity contribution < 1.29 is 14.3 Å². The molecule has 0 radical (unpaired) electrons. The molecule has 2 amide bonds. The molecule has 8 heteroatoms. The van der Waals surface area contributed by atoms with E-state index in [1.807, 2.05) is 68.4 Å². The number of ether oxygens (including phenoxy) is 1. The fraction of sp³-hybridized carbons (Fsp3) is 0.286. The largest absolute Gasteiger partial charge is 0.483 e. The van der Waals surface area contributed by atoms with Gasteiger partial charge in [-0.1, -0.05) is 76.9 Å². The van der Waals surface area contributed by atoms with E-state index in [1.54, 1.807) is 23.1 Å². The quantitative estimate of drug-likeness (QED) is 0.252. The molecule has 0 aliphatic heterocycles. The van der Waals surface area contributed by atoms with Crippen LogP contribution in [0.3, 0.4) is 0 Å². The van der Waals surface area contributed by atoms with Crippen LogP contribution in [0.5, 0.6) is 5.75 Å². The molecule has 3 aromatic carbocycles. The molecule has 2 unspecified atom stereocenters. The van der Waals surface area contributed by atoms with Gasteiger partial charge in [0.2, 0.25) is 5.91 Å². The Kier molecular flexibility index (Phi) is 10.8. The Bertz CT molecular complexity index is 1180. The first-order valence-corrected chi connectivity index (χ1v) is 13.7. The van der Waals surface area contributed by atoms with Crippen LogP contribution in [0.1, 0.15) is 31.4 Å². The summed E-state index contributed by atoms with van der Waals surface area (Å²) in [6.45, 7) is 4.00. The van der Waals surface area contributed by atoms with Gasteiger partial charge in [-0.05, 0) is 70.7 Å². The second kappa shape index (κ2) is 13.8. The average molecular weight is 637 g/mol. The first-order valence-electron chi connectivity index (χ1n) is 11.7. The predicted octanol–water partition coefficient (Wildman–Crippen LogP) is 6.80. The molecule has 190 valence electrons. The molecule has 0 bridgehead atoms. The highest BCUT2D eigenvalue weighted by molar-refractivity contribution is 9.10. The van der Waals surface area contributed by atoms with Crippen molar-refractivity contribution in [1.82, 2.24) is 10.2 Å². The van der Waals surface area contributed by atoms with E-state index >= 15 is 0 Å². The van der Waals surface area contributed by atoms with Crippen molar-refractivity contribution in [3.05, 3.63) is 97.9 Å². The molecule has 0 saturated heterocycles. The van der Waals surface area contributed by atoms with Gasteiger partial charge in [0.25, 0.3) is 5.91 Å². The number of carbonyl (C=O) groups is 2. The molecule has 1 N–H and O–H groups in total. The minimum Gasteiger partial charge on any atom is -0.483 e. The second-order valence-electron chi connectivity index (χ2n) is 8.54. The first kappa shape index (κ1) is 28.2. The van der Waals surface area contributed by atoms with Crippen LogP contribution in [-0.2, 0) is 22.6 Å². The van der Waals surface area contributed by atoms with Crippen LogP contribution in [0.15, 0.2) is 81.7 Å². The Morgan fingerprint density at radius 1 is 1.00 bits per heavy atom. The van der Waals surface area contributed by atoms with E-state index in [2.05, 4.69) is 37.2 Å². The lowest BCUT2D eigenvalue weighted by Gasteiger charge is -2.32. The Labute approximate surface area is 234 Å². The lowest BCUT2D eigenvalue weighted by molar-refractivity contribution is -0.143. The minimum atomic E-state index is -0.717. The maximum atomic E-state index is 13.6. The highest BCUT2D eigenvalue weighted by Gasteiger charge is 2.31. The Morgan fingerprint density at radius 3 is 2.39 bits per heavy atom. The number of rotatable bonds is 11. The molecular weight excluding hydrogens is 608 g/mol. The number of amides is 2. The van der Waals surface area contributed by atoms with Gasteiger partial charge in [0.05, 0.1) is 4.47 Å². The summed E-state index contributed by atoms with van der Waals surface area (Å²) in [5.74, 6) is 0.0140. The van der Waals surface area contributed by atoms with Crippen LogP contribution >= 0.6 is 43.5 Å². The number of hydrogen-bond acceptors (Lipinski definition) is 3. The molecule has 3 rings (SSSR count). The van der Waals surface area contributed by atoms with Gasteiger partial charge in [0.15, 0.2) is 6.61 Å². The Balaban J connectivity index is 1.92. The Morgan fingerprint density at radius 2 is 1.72 bits per heavy atom. The number of halogens is 3. The van der Waals surface area contributed by atoms with E-state index in [4.69, 9.17) is 16.3 Å². The van der Waals surface area contributed by atoms with Crippen LogP contribution in [0.4, 0.5) is 0 Å². The fourth-order valence-corrected chi connectivity index (χ4v) is 4.89. The second-order valence-corrected chi connectivity index (χ2v) is 10.7. The third-order valence-electron chi connectivity index (χ3n) is 5.76. The van der Waals surface area contributed by atoms with Crippen molar-refractivity contribution in [1.29, 1.82) is 0 Å². The van der Waals surface area contributed by atoms with Crippen LogP contribution < -0.4 is 10.1 Å². The standard InChI is InChI=1S/C28H29Br2ClN2O3/c1-3-19(2)32-28(35)25(15-20-8-5-4-6-9-20)33(17-21-10-7-11-22(29)14-21)27(34)18-36-26-13-12-23(31)16-24(26)30/h4-14,16,19,25H,3,15,17-18H2,1-2H3,(H,32,35). The number of carbonyl (C=O) groups excluding carboxylic acids is 2. The maximum absolute atomic E-state index is 13.6. The van der Waals surface area contributed by atoms with E-state index in [0.717, 1.165) is 22.0 Å². The molecule has 0 aliphatic rings. The van der Waals surface area contributed by atoms with E-state index in [-0.39, 0.29) is 31.0 Å². The zero-order chi connectivity index (χ0) is 26.1. The molecule has 0 heterocycles. The van der Waals surface area contributed by atoms with Crippen LogP contribution in [-0.4, -0.2) is 35.4 Å². The van der Waals surface area contributed by atoms with Crippen LogP contribution in [0.2, 0.25) is 5.02 Å². The fourth-order valence-electron chi connectivity index (χ4n) is 3.64. The van der Waals surface area contributed by atoms with Gasteiger partial charge in [-0.2, -0.15) is 0 Å². The molecule has 5 nitrogen and oxygen atoms in total. The number of nitrogens with one attached hydrogen (secondary N) is 1. The van der Waals surface area contributed by atoms with Crippen molar-refractivity contribution in [2.24, 2.45) is 0 Å². The monoisotopic (exact) mass is 634 g/mol. The SMILES string of the molecule is CCC(C)NC(=O)C(Cc1ccccc1)N(Cc1cccc(Br)c1)C(=O)COc1ccc(Cl)cc1Br. The Hall–Kier alpha value is -2.35. The van der Waals surface area contributed by atoms with Gasteiger partial charge in [-0.25, -0.2) is 0 Å². The topological polar surface area (TPSA) is 58.6 Å². The molecule has 0 aliphatic carbocycles. The molecular formula is C28H29Br2ClN2O3. The molecule has 3 aromatic rings. The molecule has 2 atom stereocenters. The summed E-state index contributed by atoms with van der Waals surface area (Å²) < 4.78 is 7.39. The summed E-state index contributed by atoms with van der Waals surface area (Å²) in [6.07, 6.45) is 1.17. The van der Waals surface area contributed by atoms with E-state index < -0.39 is 6.04 Å². The smallest absolute Gasteiger partial charge is 0.261 e. The van der Waals surface area contributed by atoms with Crippen molar-refractivity contribution in [2.75, 3.05) is 6.61 Å². The van der Waals surface area contributed by atoms with Gasteiger partial charge >= 0.3 is 0 Å². The summed E-state index contributed by atoms with van der Waals surface area (Å²) in [4.78, 5) is 28.8. The molecule has 0 saturated carbocycles. The van der Waals surface area contributed by atoms with Gasteiger partial charge in [0, 0.05) is 28.5 Å². The predicted molar refractivity (Wildman–Crippen MR) is 151 cm³/mol. The lowest BCUT2D eigenvalue weighted by atomic mass is 10.0. The van der Waals surface area contributed by atoms with Crippen molar-refractivity contribution in [3.8, 4) is 5.75 Å². The van der Waals surface area contributed by atoms with Gasteiger partial charge in [-0.3, -0.25) is 9.59 Å². The number of nitrogens with zero attached hydrogens (tertiary/aromatic N) is 1. The highest BCUT2D eigenvalue weighted by atomic mass is 79.9. The average Bonchev–Trinajstić information content (AvgIpc) is 2.86.